The number of nitrogens with one attached hydrogen (secondary N) is 2. The largest absolute Gasteiger partial charge is 0.326 e. The van der Waals surface area contributed by atoms with Crippen LogP contribution in [-0.4, -0.2) is 21.8 Å². The minimum atomic E-state index is -0.479. The average Bonchev–Trinajstić information content (AvgIpc) is 2.92. The van der Waals surface area contributed by atoms with Crippen LogP contribution in [0.5, 0.6) is 0 Å². The lowest BCUT2D eigenvalue weighted by Gasteiger charge is -2.09. The van der Waals surface area contributed by atoms with Gasteiger partial charge in [0.1, 0.15) is 5.82 Å². The molecule has 2 amide bonds. The van der Waals surface area contributed by atoms with E-state index < -0.39 is 6.03 Å². The minimum Gasteiger partial charge on any atom is -0.294 e. The van der Waals surface area contributed by atoms with Gasteiger partial charge in [0, 0.05) is 12.6 Å². The van der Waals surface area contributed by atoms with E-state index in [1.165, 1.54) is 11.3 Å². The van der Waals surface area contributed by atoms with Gasteiger partial charge < -0.3 is 0 Å². The van der Waals surface area contributed by atoms with E-state index in [2.05, 4.69) is 43.5 Å². The normalized spacial score (nSPS) is 10.3. The molecule has 23 heavy (non-hydrogen) atoms. The van der Waals surface area contributed by atoms with Crippen LogP contribution in [0.3, 0.4) is 0 Å². The van der Waals surface area contributed by atoms with Crippen LogP contribution in [-0.2, 0) is 0 Å². The molecule has 0 saturated carbocycles. The van der Waals surface area contributed by atoms with Crippen molar-refractivity contribution < 1.29 is 9.59 Å². The third kappa shape index (κ3) is 5.40. The molecule has 0 spiro atoms. The van der Waals surface area contributed by atoms with Gasteiger partial charge in [0.05, 0.1) is 15.5 Å². The summed E-state index contributed by atoms with van der Waals surface area (Å²) >= 11 is 4.57. The number of nitrogens with zero attached hydrogens (tertiary/aromatic N) is 2. The first-order valence-corrected chi connectivity index (χ1v) is 8.88. The summed E-state index contributed by atoms with van der Waals surface area (Å²) in [6, 6.07) is 2.89. The number of Topliss-reactive ketones (excluding diaryl/α,β-unsaturated/α-hetero) is 1. The lowest BCUT2D eigenvalue weighted by atomic mass is 10.1. The van der Waals surface area contributed by atoms with Crippen LogP contribution >= 0.6 is 27.3 Å². The number of hydrogen-bond donors (Lipinski definition) is 2. The highest BCUT2D eigenvalue weighted by Gasteiger charge is 2.14. The van der Waals surface area contributed by atoms with E-state index in [1.54, 1.807) is 24.5 Å². The Kier molecular flexibility index (Phi) is 6.66. The van der Waals surface area contributed by atoms with E-state index >= 15 is 0 Å². The highest BCUT2D eigenvalue weighted by molar-refractivity contribution is 9.11. The number of rotatable bonds is 7. The molecule has 2 rings (SSSR count). The second-order valence-corrected chi connectivity index (χ2v) is 7.24. The molecule has 0 fully saturated rings. The van der Waals surface area contributed by atoms with Gasteiger partial charge in [0.2, 0.25) is 0 Å². The number of urea groups is 1. The van der Waals surface area contributed by atoms with Crippen LogP contribution in [0, 0.1) is 0 Å². The molecule has 0 aliphatic rings. The summed E-state index contributed by atoms with van der Waals surface area (Å²) < 4.78 is 0.817. The quantitative estimate of drug-likeness (QED) is 0.524. The van der Waals surface area contributed by atoms with Crippen molar-refractivity contribution in [3.05, 3.63) is 33.9 Å². The number of ketones is 1. The van der Waals surface area contributed by atoms with Crippen LogP contribution in [0.15, 0.2) is 28.3 Å². The Balaban J connectivity index is 2.01. The maximum absolute atomic E-state index is 12.3. The van der Waals surface area contributed by atoms with Crippen molar-refractivity contribution in [2.24, 2.45) is 0 Å². The predicted molar refractivity (Wildman–Crippen MR) is 95.2 cm³/mol. The Labute approximate surface area is 146 Å². The number of anilines is 2. The van der Waals surface area contributed by atoms with Crippen LogP contribution < -0.4 is 10.6 Å². The van der Waals surface area contributed by atoms with Crippen molar-refractivity contribution in [1.82, 2.24) is 9.97 Å². The topological polar surface area (TPSA) is 84.0 Å². The molecule has 8 heteroatoms. The molecule has 0 aliphatic heterocycles. The highest BCUT2D eigenvalue weighted by Crippen LogP contribution is 2.23. The molecule has 2 heterocycles. The van der Waals surface area contributed by atoms with Crippen LogP contribution in [0.2, 0.25) is 0 Å². The summed E-state index contributed by atoms with van der Waals surface area (Å²) in [5.74, 6) is 0.251. The van der Waals surface area contributed by atoms with Gasteiger partial charge in [0.25, 0.3) is 0 Å². The van der Waals surface area contributed by atoms with E-state index in [4.69, 9.17) is 0 Å². The number of thiazole rings is 1. The molecule has 6 nitrogen and oxygen atoms in total. The van der Waals surface area contributed by atoms with E-state index in [1.807, 2.05) is 0 Å². The lowest BCUT2D eigenvalue weighted by Crippen LogP contribution is -2.21. The van der Waals surface area contributed by atoms with E-state index in [0.717, 1.165) is 23.0 Å². The fourth-order valence-electron chi connectivity index (χ4n) is 1.95. The van der Waals surface area contributed by atoms with Crippen molar-refractivity contribution in [2.45, 2.75) is 32.6 Å². The zero-order valence-corrected chi connectivity index (χ0v) is 15.0. The van der Waals surface area contributed by atoms with Gasteiger partial charge in [0.15, 0.2) is 10.9 Å². The summed E-state index contributed by atoms with van der Waals surface area (Å²) in [6.45, 7) is 2.09. The molecule has 0 unspecified atom stereocenters. The van der Waals surface area contributed by atoms with Gasteiger partial charge in [-0.2, -0.15) is 0 Å². The average molecular weight is 397 g/mol. The van der Waals surface area contributed by atoms with E-state index in [0.29, 0.717) is 17.1 Å². The van der Waals surface area contributed by atoms with Gasteiger partial charge in [-0.15, -0.1) is 0 Å². The zero-order valence-electron chi connectivity index (χ0n) is 12.6. The third-order valence-electron chi connectivity index (χ3n) is 3.05. The van der Waals surface area contributed by atoms with Gasteiger partial charge >= 0.3 is 6.03 Å². The smallest absolute Gasteiger partial charge is 0.294 e. The van der Waals surface area contributed by atoms with Crippen molar-refractivity contribution in [3.63, 3.8) is 0 Å². The Bertz CT molecular complexity index is 690. The number of hydrogen-bond acceptors (Lipinski definition) is 5. The third-order valence-corrected chi connectivity index (χ3v) is 4.44. The number of amides is 2. The lowest BCUT2D eigenvalue weighted by molar-refractivity contribution is 0.0980. The molecule has 0 aliphatic carbocycles. The second kappa shape index (κ2) is 8.73. The monoisotopic (exact) mass is 396 g/mol. The number of unbranched alkanes of at least 4 members (excludes halogenated alkanes) is 2. The molecule has 0 bridgehead atoms. The number of pyridine rings is 1. The molecule has 0 saturated heterocycles. The van der Waals surface area contributed by atoms with Crippen molar-refractivity contribution in [1.29, 1.82) is 0 Å². The summed E-state index contributed by atoms with van der Waals surface area (Å²) in [6.07, 6.45) is 6.49. The predicted octanol–water partition coefficient (Wildman–Crippen LogP) is 4.71. The Hall–Kier alpha value is -1.80. The van der Waals surface area contributed by atoms with Crippen LogP contribution in [0.4, 0.5) is 15.7 Å². The molecule has 2 aromatic heterocycles. The van der Waals surface area contributed by atoms with E-state index in [-0.39, 0.29) is 11.6 Å². The number of carbonyl (C=O) groups is 2. The van der Waals surface area contributed by atoms with Gasteiger partial charge in [-0.25, -0.2) is 14.8 Å². The first-order chi connectivity index (χ1) is 11.1. The standard InChI is InChI=1S/C15H17BrN4O2S/c1-2-3-4-7-11(21)10-6-5-8-17-13(10)19-14(22)20-15-18-9-12(16)23-15/h5-6,8-9H,2-4,7H2,1H3,(H2,17,18,19,20,22). The Morgan fingerprint density at radius 2 is 2.09 bits per heavy atom. The van der Waals surface area contributed by atoms with Crippen LogP contribution in [0.1, 0.15) is 43.0 Å². The zero-order chi connectivity index (χ0) is 16.7. The minimum absolute atomic E-state index is 0.0150. The first-order valence-electron chi connectivity index (χ1n) is 7.27. The molecule has 2 N–H and O–H groups in total. The van der Waals surface area contributed by atoms with E-state index in [9.17, 15) is 9.59 Å². The molecule has 0 atom stereocenters. The van der Waals surface area contributed by atoms with Gasteiger partial charge in [-0.1, -0.05) is 31.1 Å². The summed E-state index contributed by atoms with van der Waals surface area (Å²) in [4.78, 5) is 32.4. The number of aromatic nitrogens is 2. The van der Waals surface area contributed by atoms with Crippen LogP contribution in [0.25, 0.3) is 0 Å². The molecular formula is C15H17BrN4O2S. The molecular weight excluding hydrogens is 380 g/mol. The first kappa shape index (κ1) is 17.6. The number of carbonyl (C=O) groups excluding carboxylic acids is 2. The summed E-state index contributed by atoms with van der Waals surface area (Å²) in [7, 11) is 0. The van der Waals surface area contributed by atoms with Crippen molar-refractivity contribution in [2.75, 3.05) is 10.6 Å². The molecule has 0 aromatic carbocycles. The maximum atomic E-state index is 12.3. The molecule has 2 aromatic rings. The molecule has 0 radical (unpaired) electrons. The fraction of sp³-hybridized carbons (Fsp3) is 0.333. The fourth-order valence-corrected chi connectivity index (χ4v) is 3.05. The van der Waals surface area contributed by atoms with Crippen molar-refractivity contribution >= 4 is 50.0 Å². The second-order valence-electron chi connectivity index (χ2n) is 4.83. The summed E-state index contributed by atoms with van der Waals surface area (Å²) in [5.41, 5.74) is 0.430. The highest BCUT2D eigenvalue weighted by atomic mass is 79.9. The van der Waals surface area contributed by atoms with Crippen molar-refractivity contribution in [3.8, 4) is 0 Å². The summed E-state index contributed by atoms with van der Waals surface area (Å²) in [5, 5.41) is 5.67. The maximum Gasteiger partial charge on any atom is 0.326 e. The van der Waals surface area contributed by atoms with Gasteiger partial charge in [-0.05, 0) is 34.5 Å². The Morgan fingerprint density at radius 1 is 1.26 bits per heavy atom. The Morgan fingerprint density at radius 3 is 2.78 bits per heavy atom. The SMILES string of the molecule is CCCCCC(=O)c1cccnc1NC(=O)Nc1ncc(Br)s1. The molecule has 122 valence electrons. The number of halogens is 1. The van der Waals surface area contributed by atoms with Gasteiger partial charge in [-0.3, -0.25) is 15.4 Å².